The van der Waals surface area contributed by atoms with Crippen molar-refractivity contribution >= 4 is 22.9 Å². The van der Waals surface area contributed by atoms with E-state index in [0.717, 1.165) is 16.5 Å². The molecule has 0 bridgehead atoms. The lowest BCUT2D eigenvalue weighted by atomic mass is 10.1. The number of carbonyl (C=O) groups is 1. The highest BCUT2D eigenvalue weighted by molar-refractivity contribution is 5.95. The minimum Gasteiger partial charge on any atom is -0.493 e. The van der Waals surface area contributed by atoms with E-state index in [1.165, 1.54) is 12.5 Å². The average Bonchev–Trinajstić information content (AvgIpc) is 2.95. The molecule has 4 rings (SSSR count). The molecule has 0 saturated heterocycles. The molecular formula is C31H30N2O5. The molecular weight excluding hydrogens is 480 g/mol. The Morgan fingerprint density at radius 1 is 0.895 bits per heavy atom. The van der Waals surface area contributed by atoms with E-state index >= 15 is 0 Å². The molecule has 0 spiro atoms. The van der Waals surface area contributed by atoms with Crippen molar-refractivity contribution in [3.8, 4) is 23.0 Å². The predicted octanol–water partition coefficient (Wildman–Crippen LogP) is 6.15. The number of nitrogens with zero attached hydrogens (tertiary/aromatic N) is 1. The molecule has 0 aromatic heterocycles. The van der Waals surface area contributed by atoms with E-state index in [4.69, 9.17) is 18.9 Å². The van der Waals surface area contributed by atoms with Gasteiger partial charge in [-0.1, -0.05) is 55.1 Å². The van der Waals surface area contributed by atoms with Gasteiger partial charge in [0.05, 0.1) is 19.9 Å². The molecule has 4 aromatic carbocycles. The highest BCUT2D eigenvalue weighted by Crippen LogP contribution is 2.30. The lowest BCUT2D eigenvalue weighted by Gasteiger charge is -2.14. The molecule has 0 aliphatic rings. The third-order valence-electron chi connectivity index (χ3n) is 5.69. The number of hydrogen-bond acceptors (Lipinski definition) is 6. The van der Waals surface area contributed by atoms with E-state index in [0.29, 0.717) is 48.4 Å². The van der Waals surface area contributed by atoms with Gasteiger partial charge in [0, 0.05) is 5.56 Å². The normalized spacial score (nSPS) is 10.8. The topological polar surface area (TPSA) is 78.4 Å². The zero-order chi connectivity index (χ0) is 26.7. The zero-order valence-electron chi connectivity index (χ0n) is 21.5. The van der Waals surface area contributed by atoms with Crippen molar-refractivity contribution in [2.45, 2.75) is 13.5 Å². The fourth-order valence-electron chi connectivity index (χ4n) is 3.87. The van der Waals surface area contributed by atoms with Gasteiger partial charge in [-0.2, -0.15) is 5.10 Å². The predicted molar refractivity (Wildman–Crippen MR) is 150 cm³/mol. The lowest BCUT2D eigenvalue weighted by molar-refractivity contribution is 0.0954. The number of ether oxygens (including phenoxy) is 4. The molecule has 38 heavy (non-hydrogen) atoms. The second-order valence-corrected chi connectivity index (χ2v) is 8.23. The Morgan fingerprint density at radius 2 is 1.68 bits per heavy atom. The van der Waals surface area contributed by atoms with Crippen molar-refractivity contribution in [2.75, 3.05) is 20.3 Å². The summed E-state index contributed by atoms with van der Waals surface area (Å²) >= 11 is 0. The summed E-state index contributed by atoms with van der Waals surface area (Å²) in [5.41, 5.74) is 4.76. The summed E-state index contributed by atoms with van der Waals surface area (Å²) in [5.74, 6) is 1.83. The number of benzene rings is 4. The molecule has 0 saturated carbocycles. The van der Waals surface area contributed by atoms with Crippen LogP contribution in [-0.4, -0.2) is 32.4 Å². The van der Waals surface area contributed by atoms with E-state index in [2.05, 4.69) is 41.4 Å². The first-order valence-electron chi connectivity index (χ1n) is 12.2. The Bertz CT molecular complexity index is 1440. The average molecular weight is 511 g/mol. The molecule has 7 heteroatoms. The van der Waals surface area contributed by atoms with Gasteiger partial charge >= 0.3 is 0 Å². The molecule has 0 unspecified atom stereocenters. The maximum Gasteiger partial charge on any atom is 0.271 e. The number of fused-ring (bicyclic) bond motifs is 1. The Balaban J connectivity index is 1.42. The first kappa shape index (κ1) is 26.3. The van der Waals surface area contributed by atoms with E-state index in [1.54, 1.807) is 30.5 Å². The summed E-state index contributed by atoms with van der Waals surface area (Å²) in [4.78, 5) is 12.6. The van der Waals surface area contributed by atoms with Crippen LogP contribution >= 0.6 is 0 Å². The number of hydrogen-bond donors (Lipinski definition) is 1. The van der Waals surface area contributed by atoms with Crippen LogP contribution in [0.1, 0.15) is 28.4 Å². The first-order valence-corrected chi connectivity index (χ1v) is 12.2. The van der Waals surface area contributed by atoms with Gasteiger partial charge in [0.1, 0.15) is 13.2 Å². The summed E-state index contributed by atoms with van der Waals surface area (Å²) < 4.78 is 22.8. The van der Waals surface area contributed by atoms with Crippen molar-refractivity contribution in [1.82, 2.24) is 5.43 Å². The largest absolute Gasteiger partial charge is 0.493 e. The van der Waals surface area contributed by atoms with Crippen molar-refractivity contribution in [1.29, 1.82) is 0 Å². The van der Waals surface area contributed by atoms with Gasteiger partial charge in [0.15, 0.2) is 23.0 Å². The molecule has 0 radical (unpaired) electrons. The number of hydrazone groups is 1. The number of amides is 1. The number of rotatable bonds is 12. The Kier molecular flexibility index (Phi) is 8.97. The van der Waals surface area contributed by atoms with Crippen LogP contribution in [0.5, 0.6) is 23.0 Å². The van der Waals surface area contributed by atoms with Crippen molar-refractivity contribution in [2.24, 2.45) is 5.10 Å². The third kappa shape index (κ3) is 6.50. The van der Waals surface area contributed by atoms with Crippen LogP contribution in [-0.2, 0) is 6.61 Å². The van der Waals surface area contributed by atoms with Crippen LogP contribution in [0.25, 0.3) is 10.8 Å². The lowest BCUT2D eigenvalue weighted by Crippen LogP contribution is -2.17. The number of methoxy groups -OCH3 is 1. The van der Waals surface area contributed by atoms with Gasteiger partial charge in [-0.05, 0) is 65.2 Å². The molecule has 0 heterocycles. The van der Waals surface area contributed by atoms with Crippen molar-refractivity contribution in [3.05, 3.63) is 108 Å². The molecule has 4 aromatic rings. The maximum atomic E-state index is 12.6. The fourth-order valence-corrected chi connectivity index (χ4v) is 3.87. The molecule has 1 N–H and O–H groups in total. The standard InChI is InChI=1S/C31H30N2O5/c1-4-17-37-27-16-14-24(19-29(27)35-3)31(34)33-32-20-22-13-15-28(30(18-22)36-5-2)38-21-25-11-8-10-23-9-6-7-12-26(23)25/h4,6-16,18-20H,1,5,17,21H2,2-3H3,(H,33,34)/b32-20+. The first-order chi connectivity index (χ1) is 18.6. The zero-order valence-corrected chi connectivity index (χ0v) is 21.5. The van der Waals surface area contributed by atoms with Gasteiger partial charge < -0.3 is 18.9 Å². The van der Waals surface area contributed by atoms with Gasteiger partial charge in [-0.3, -0.25) is 4.79 Å². The Hall–Kier alpha value is -4.78. The van der Waals surface area contributed by atoms with Crippen LogP contribution in [0.3, 0.4) is 0 Å². The monoisotopic (exact) mass is 510 g/mol. The Labute approximate surface area is 222 Å². The summed E-state index contributed by atoms with van der Waals surface area (Å²) in [5, 5.41) is 6.42. The summed E-state index contributed by atoms with van der Waals surface area (Å²) in [6.45, 7) is 6.77. The van der Waals surface area contributed by atoms with Gasteiger partial charge in [-0.25, -0.2) is 5.43 Å². The van der Waals surface area contributed by atoms with E-state index in [1.807, 2.05) is 43.3 Å². The SMILES string of the molecule is C=CCOc1ccc(C(=O)N/N=C/c2ccc(OCc3cccc4ccccc34)c(OCC)c2)cc1OC. The second-order valence-electron chi connectivity index (χ2n) is 8.23. The number of carbonyl (C=O) groups excluding carboxylic acids is 1. The molecule has 194 valence electrons. The van der Waals surface area contributed by atoms with Crippen LogP contribution < -0.4 is 24.4 Å². The smallest absolute Gasteiger partial charge is 0.271 e. The quantitative estimate of drug-likeness (QED) is 0.140. The van der Waals surface area contributed by atoms with Crippen LogP contribution in [0, 0.1) is 0 Å². The van der Waals surface area contributed by atoms with Gasteiger partial charge in [0.2, 0.25) is 0 Å². The molecule has 0 aliphatic heterocycles. The van der Waals surface area contributed by atoms with E-state index < -0.39 is 0 Å². The molecule has 7 nitrogen and oxygen atoms in total. The minimum atomic E-state index is -0.380. The summed E-state index contributed by atoms with van der Waals surface area (Å²) in [7, 11) is 1.52. The van der Waals surface area contributed by atoms with Gasteiger partial charge in [0.25, 0.3) is 5.91 Å². The van der Waals surface area contributed by atoms with E-state index in [-0.39, 0.29) is 5.91 Å². The molecule has 0 atom stereocenters. The van der Waals surface area contributed by atoms with Crippen LogP contribution in [0.15, 0.2) is 96.6 Å². The van der Waals surface area contributed by atoms with Gasteiger partial charge in [-0.15, -0.1) is 0 Å². The highest BCUT2D eigenvalue weighted by atomic mass is 16.5. The molecule has 0 aliphatic carbocycles. The summed E-state index contributed by atoms with van der Waals surface area (Å²) in [6, 6.07) is 24.8. The second kappa shape index (κ2) is 13.0. The molecule has 1 amide bonds. The highest BCUT2D eigenvalue weighted by Gasteiger charge is 2.11. The van der Waals surface area contributed by atoms with Crippen LogP contribution in [0.2, 0.25) is 0 Å². The van der Waals surface area contributed by atoms with Crippen LogP contribution in [0.4, 0.5) is 0 Å². The summed E-state index contributed by atoms with van der Waals surface area (Å²) in [6.07, 6.45) is 3.18. The number of nitrogens with one attached hydrogen (secondary N) is 1. The van der Waals surface area contributed by atoms with E-state index in [9.17, 15) is 4.79 Å². The fraction of sp³-hybridized carbons (Fsp3) is 0.161. The minimum absolute atomic E-state index is 0.336. The third-order valence-corrected chi connectivity index (χ3v) is 5.69. The van der Waals surface area contributed by atoms with Crippen molar-refractivity contribution in [3.63, 3.8) is 0 Å². The maximum absolute atomic E-state index is 12.6. The molecule has 0 fully saturated rings. The van der Waals surface area contributed by atoms with Crippen molar-refractivity contribution < 1.29 is 23.7 Å². The Morgan fingerprint density at radius 3 is 2.50 bits per heavy atom.